The number of nitrogens with zero attached hydrogens (tertiary/aromatic N) is 2. The van der Waals surface area contributed by atoms with Crippen molar-refractivity contribution in [3.8, 4) is 0 Å². The minimum absolute atomic E-state index is 0.112. The molecular weight excluding hydrogens is 334 g/mol. The molecule has 138 valence electrons. The lowest BCUT2D eigenvalue weighted by atomic mass is 10.0. The fourth-order valence-electron chi connectivity index (χ4n) is 3.22. The van der Waals surface area contributed by atoms with Crippen LogP contribution in [0.4, 0.5) is 10.5 Å². The van der Waals surface area contributed by atoms with E-state index in [4.69, 9.17) is 4.84 Å². The minimum Gasteiger partial charge on any atom is -0.371 e. The average molecular weight is 357 g/mol. The zero-order chi connectivity index (χ0) is 18.7. The number of hydrogen-bond donors (Lipinski definition) is 1. The van der Waals surface area contributed by atoms with Gasteiger partial charge in [0.05, 0.1) is 6.61 Å². The molecule has 2 aliphatic heterocycles. The Kier molecular flexibility index (Phi) is 5.37. The first-order valence-corrected chi connectivity index (χ1v) is 8.97. The summed E-state index contributed by atoms with van der Waals surface area (Å²) in [7, 11) is 0. The van der Waals surface area contributed by atoms with Crippen LogP contribution in [0.15, 0.2) is 23.8 Å². The second kappa shape index (κ2) is 7.70. The maximum atomic E-state index is 12.4. The van der Waals surface area contributed by atoms with Gasteiger partial charge in [-0.1, -0.05) is 19.4 Å². The van der Waals surface area contributed by atoms with Crippen LogP contribution in [0.3, 0.4) is 0 Å². The number of carbonyl (C=O) groups is 3. The van der Waals surface area contributed by atoms with Crippen molar-refractivity contribution >= 4 is 29.6 Å². The van der Waals surface area contributed by atoms with Crippen LogP contribution in [0.25, 0.3) is 6.08 Å². The van der Waals surface area contributed by atoms with E-state index in [1.54, 1.807) is 6.92 Å². The van der Waals surface area contributed by atoms with Crippen molar-refractivity contribution in [2.45, 2.75) is 33.1 Å². The number of imide groups is 2. The Balaban J connectivity index is 1.84. The Labute approximate surface area is 152 Å². The number of carbonyl (C=O) groups excluding carboxylic acids is 3. The van der Waals surface area contributed by atoms with Gasteiger partial charge >= 0.3 is 6.03 Å². The van der Waals surface area contributed by atoms with Crippen LogP contribution in [0.5, 0.6) is 0 Å². The first-order valence-electron chi connectivity index (χ1n) is 8.97. The molecule has 7 nitrogen and oxygen atoms in total. The van der Waals surface area contributed by atoms with Crippen molar-refractivity contribution in [1.82, 2.24) is 10.4 Å². The lowest BCUT2D eigenvalue weighted by molar-refractivity contribution is -0.165. The molecule has 0 atom stereocenters. The van der Waals surface area contributed by atoms with Crippen LogP contribution in [0.2, 0.25) is 0 Å². The number of urea groups is 1. The van der Waals surface area contributed by atoms with Crippen LogP contribution in [0.1, 0.15) is 37.8 Å². The summed E-state index contributed by atoms with van der Waals surface area (Å²) in [5.41, 5.74) is 3.06. The van der Waals surface area contributed by atoms with Crippen LogP contribution in [-0.2, 0) is 20.8 Å². The number of nitrogens with one attached hydrogen (secondary N) is 1. The lowest BCUT2D eigenvalue weighted by Gasteiger charge is -2.24. The van der Waals surface area contributed by atoms with E-state index in [-0.39, 0.29) is 12.2 Å². The summed E-state index contributed by atoms with van der Waals surface area (Å²) in [6.07, 6.45) is 4.76. The van der Waals surface area contributed by atoms with Crippen LogP contribution in [-0.4, -0.2) is 42.6 Å². The number of hydrogen-bond acceptors (Lipinski definition) is 5. The summed E-state index contributed by atoms with van der Waals surface area (Å²) in [6, 6.07) is 5.05. The topological polar surface area (TPSA) is 79.0 Å². The molecule has 1 aromatic rings. The van der Waals surface area contributed by atoms with E-state index < -0.39 is 17.8 Å². The van der Waals surface area contributed by atoms with Gasteiger partial charge in [-0.15, -0.1) is 5.06 Å². The second-order valence-electron chi connectivity index (χ2n) is 6.31. The smallest absolute Gasteiger partial charge is 0.356 e. The summed E-state index contributed by atoms with van der Waals surface area (Å²) in [6.45, 7) is 6.00. The summed E-state index contributed by atoms with van der Waals surface area (Å²) in [4.78, 5) is 43.5. The number of benzene rings is 1. The van der Waals surface area contributed by atoms with Crippen molar-refractivity contribution in [3.63, 3.8) is 0 Å². The molecule has 0 unspecified atom stereocenters. The largest absolute Gasteiger partial charge is 0.371 e. The highest BCUT2D eigenvalue weighted by molar-refractivity contribution is 6.30. The van der Waals surface area contributed by atoms with Crippen molar-refractivity contribution in [2.24, 2.45) is 0 Å². The van der Waals surface area contributed by atoms with E-state index in [2.05, 4.69) is 17.1 Å². The molecular formula is C19H23N3O4. The molecule has 0 radical (unpaired) electrons. The van der Waals surface area contributed by atoms with Gasteiger partial charge in [0, 0.05) is 18.8 Å². The first-order chi connectivity index (χ1) is 12.5. The molecule has 0 aliphatic carbocycles. The Morgan fingerprint density at radius 2 is 2.04 bits per heavy atom. The molecule has 0 spiro atoms. The van der Waals surface area contributed by atoms with Gasteiger partial charge in [0.2, 0.25) is 0 Å². The molecule has 4 amide bonds. The molecule has 0 saturated carbocycles. The van der Waals surface area contributed by atoms with E-state index in [1.165, 1.54) is 17.3 Å². The molecule has 1 N–H and O–H groups in total. The first kappa shape index (κ1) is 18.1. The zero-order valence-electron chi connectivity index (χ0n) is 15.1. The Bertz CT molecular complexity index is 772. The number of fused-ring (bicyclic) bond motifs is 1. The van der Waals surface area contributed by atoms with E-state index in [9.17, 15) is 14.4 Å². The van der Waals surface area contributed by atoms with Crippen molar-refractivity contribution in [1.29, 1.82) is 0 Å². The number of unbranched alkanes of at least 4 members (excludes halogenated alkanes) is 1. The predicted molar refractivity (Wildman–Crippen MR) is 97.3 cm³/mol. The second-order valence-corrected chi connectivity index (χ2v) is 6.31. The third kappa shape index (κ3) is 3.48. The number of amides is 4. The van der Waals surface area contributed by atoms with Gasteiger partial charge in [0.15, 0.2) is 0 Å². The molecule has 2 aliphatic rings. The summed E-state index contributed by atoms with van der Waals surface area (Å²) >= 11 is 0. The molecule has 2 heterocycles. The van der Waals surface area contributed by atoms with Crippen LogP contribution in [0, 0.1) is 0 Å². The molecule has 3 rings (SSSR count). The highest BCUT2D eigenvalue weighted by Gasteiger charge is 2.36. The van der Waals surface area contributed by atoms with Gasteiger partial charge in [-0.2, -0.15) is 0 Å². The van der Waals surface area contributed by atoms with Gasteiger partial charge in [-0.25, -0.2) is 4.79 Å². The van der Waals surface area contributed by atoms with Crippen molar-refractivity contribution in [3.05, 3.63) is 34.9 Å². The molecule has 0 aromatic heterocycles. The van der Waals surface area contributed by atoms with Crippen LogP contribution < -0.4 is 10.2 Å². The van der Waals surface area contributed by atoms with E-state index in [1.807, 2.05) is 18.2 Å². The standard InChI is InChI=1S/C19H23N3O4/c1-3-5-9-21-10-8-14-11-13(6-7-16(14)21)12-15-17(23)20-19(25)22(18(15)24)26-4-2/h6-7,11-12H,3-5,8-10H2,1-2H3,(H,20,23,25)/b15-12-. The molecule has 7 heteroatoms. The highest BCUT2D eigenvalue weighted by atomic mass is 16.7. The summed E-state index contributed by atoms with van der Waals surface area (Å²) in [5, 5.41) is 2.71. The number of anilines is 1. The number of barbiturate groups is 1. The van der Waals surface area contributed by atoms with E-state index in [0.717, 1.165) is 37.9 Å². The quantitative estimate of drug-likeness (QED) is 0.624. The summed E-state index contributed by atoms with van der Waals surface area (Å²) in [5.74, 6) is -1.45. The van der Waals surface area contributed by atoms with Gasteiger partial charge in [0.25, 0.3) is 11.8 Å². The van der Waals surface area contributed by atoms with Crippen LogP contribution >= 0.6 is 0 Å². The molecule has 1 aromatic carbocycles. The van der Waals surface area contributed by atoms with Gasteiger partial charge in [-0.05, 0) is 49.1 Å². The SMILES string of the molecule is CCCCN1CCc2cc(/C=C3/C(=O)NC(=O)N(OCC)C3=O)ccc21. The molecule has 0 bridgehead atoms. The Morgan fingerprint density at radius 1 is 1.23 bits per heavy atom. The van der Waals surface area contributed by atoms with Gasteiger partial charge in [0.1, 0.15) is 5.57 Å². The molecule has 1 fully saturated rings. The van der Waals surface area contributed by atoms with Crippen molar-refractivity contribution in [2.75, 3.05) is 24.6 Å². The predicted octanol–water partition coefficient (Wildman–Crippen LogP) is 2.26. The maximum absolute atomic E-state index is 12.4. The average Bonchev–Trinajstić information content (AvgIpc) is 3.02. The fraction of sp³-hybridized carbons (Fsp3) is 0.421. The van der Waals surface area contributed by atoms with Crippen molar-refractivity contribution < 1.29 is 19.2 Å². The van der Waals surface area contributed by atoms with Gasteiger partial charge < -0.3 is 4.90 Å². The molecule has 1 saturated heterocycles. The maximum Gasteiger partial charge on any atom is 0.356 e. The van der Waals surface area contributed by atoms with E-state index >= 15 is 0 Å². The third-order valence-corrected chi connectivity index (χ3v) is 4.51. The Morgan fingerprint density at radius 3 is 2.77 bits per heavy atom. The zero-order valence-corrected chi connectivity index (χ0v) is 15.1. The monoisotopic (exact) mass is 357 g/mol. The summed E-state index contributed by atoms with van der Waals surface area (Å²) < 4.78 is 0. The third-order valence-electron chi connectivity index (χ3n) is 4.51. The normalized spacial score (nSPS) is 18.5. The molecule has 26 heavy (non-hydrogen) atoms. The highest BCUT2D eigenvalue weighted by Crippen LogP contribution is 2.30. The number of hydroxylamine groups is 2. The van der Waals surface area contributed by atoms with Gasteiger partial charge in [-0.3, -0.25) is 19.7 Å². The Hall–Kier alpha value is -2.67. The minimum atomic E-state index is -0.862. The lowest BCUT2D eigenvalue weighted by Crippen LogP contribution is -2.53. The number of rotatable bonds is 6. The fourth-order valence-corrected chi connectivity index (χ4v) is 3.22. The van der Waals surface area contributed by atoms with E-state index in [0.29, 0.717) is 5.06 Å².